The second-order valence-electron chi connectivity index (χ2n) is 5.25. The van der Waals surface area contributed by atoms with Crippen molar-refractivity contribution in [1.29, 1.82) is 0 Å². The maximum Gasteiger partial charge on any atom is 0.127 e. The van der Waals surface area contributed by atoms with Crippen LogP contribution in [0.3, 0.4) is 0 Å². The van der Waals surface area contributed by atoms with Gasteiger partial charge in [-0.2, -0.15) is 0 Å². The number of nitrogens with two attached hydrogens (primary N) is 1. The number of methoxy groups -OCH3 is 2. The fourth-order valence-electron chi connectivity index (χ4n) is 1.65. The Balaban J connectivity index is 2.75. The van der Waals surface area contributed by atoms with Crippen LogP contribution in [0.2, 0.25) is 0 Å². The summed E-state index contributed by atoms with van der Waals surface area (Å²) in [5.41, 5.74) is 6.74. The Bertz CT molecular complexity index is 402. The third kappa shape index (κ3) is 4.73. The van der Waals surface area contributed by atoms with Gasteiger partial charge in [0.25, 0.3) is 0 Å². The molecule has 0 aliphatic carbocycles. The Labute approximate surface area is 115 Å². The third-order valence-electron chi connectivity index (χ3n) is 3.23. The Kier molecular flexibility index (Phi) is 5.63. The van der Waals surface area contributed by atoms with E-state index in [-0.39, 0.29) is 11.6 Å². The molecule has 1 unspecified atom stereocenters. The Hall–Kier alpha value is -1.26. The molecule has 4 nitrogen and oxygen atoms in total. The zero-order chi connectivity index (χ0) is 14.5. The highest BCUT2D eigenvalue weighted by Crippen LogP contribution is 2.29. The molecule has 2 N–H and O–H groups in total. The van der Waals surface area contributed by atoms with Crippen molar-refractivity contribution in [2.75, 3.05) is 20.8 Å². The van der Waals surface area contributed by atoms with E-state index in [4.69, 9.17) is 19.9 Å². The van der Waals surface area contributed by atoms with E-state index in [1.54, 1.807) is 14.2 Å². The lowest BCUT2D eigenvalue weighted by Crippen LogP contribution is -2.25. The van der Waals surface area contributed by atoms with Crippen molar-refractivity contribution >= 4 is 0 Å². The van der Waals surface area contributed by atoms with Gasteiger partial charge in [-0.05, 0) is 26.8 Å². The molecule has 1 aromatic carbocycles. The van der Waals surface area contributed by atoms with Gasteiger partial charge in [0.05, 0.1) is 19.3 Å². The van der Waals surface area contributed by atoms with Crippen LogP contribution < -0.4 is 15.2 Å². The lowest BCUT2D eigenvalue weighted by Gasteiger charge is -2.23. The fourth-order valence-corrected chi connectivity index (χ4v) is 1.65. The molecule has 0 fully saturated rings. The SMILES string of the molecule is COc1ccc(C(C)N)c(OCCC(C)(C)OC)c1. The Morgan fingerprint density at radius 2 is 1.95 bits per heavy atom. The van der Waals surface area contributed by atoms with Crippen LogP contribution in [0, 0.1) is 0 Å². The Morgan fingerprint density at radius 3 is 2.47 bits per heavy atom. The summed E-state index contributed by atoms with van der Waals surface area (Å²) >= 11 is 0. The van der Waals surface area contributed by atoms with E-state index >= 15 is 0 Å². The van der Waals surface area contributed by atoms with Crippen LogP contribution in [0.5, 0.6) is 11.5 Å². The van der Waals surface area contributed by atoms with Gasteiger partial charge < -0.3 is 19.9 Å². The van der Waals surface area contributed by atoms with Gasteiger partial charge in [-0.1, -0.05) is 6.07 Å². The van der Waals surface area contributed by atoms with Gasteiger partial charge in [0.1, 0.15) is 11.5 Å². The van der Waals surface area contributed by atoms with E-state index in [9.17, 15) is 0 Å². The van der Waals surface area contributed by atoms with Gasteiger partial charge >= 0.3 is 0 Å². The van der Waals surface area contributed by atoms with E-state index < -0.39 is 0 Å². The monoisotopic (exact) mass is 267 g/mol. The number of rotatable bonds is 7. The molecule has 1 atom stereocenters. The van der Waals surface area contributed by atoms with E-state index in [1.165, 1.54) is 0 Å². The molecule has 4 heteroatoms. The largest absolute Gasteiger partial charge is 0.497 e. The molecule has 0 bridgehead atoms. The summed E-state index contributed by atoms with van der Waals surface area (Å²) in [4.78, 5) is 0. The van der Waals surface area contributed by atoms with Crippen LogP contribution in [0.25, 0.3) is 0 Å². The molecule has 0 heterocycles. The topological polar surface area (TPSA) is 53.7 Å². The zero-order valence-corrected chi connectivity index (χ0v) is 12.5. The van der Waals surface area contributed by atoms with E-state index in [1.807, 2.05) is 39.0 Å². The van der Waals surface area contributed by atoms with Crippen LogP contribution in [0.4, 0.5) is 0 Å². The molecule has 1 aromatic rings. The molecule has 0 aromatic heterocycles. The predicted molar refractivity (Wildman–Crippen MR) is 76.8 cm³/mol. The maximum atomic E-state index is 5.94. The molecule has 19 heavy (non-hydrogen) atoms. The average molecular weight is 267 g/mol. The van der Waals surface area contributed by atoms with Crippen molar-refractivity contribution in [2.24, 2.45) is 5.73 Å². The van der Waals surface area contributed by atoms with Crippen molar-refractivity contribution in [3.05, 3.63) is 23.8 Å². The highest BCUT2D eigenvalue weighted by Gasteiger charge is 2.17. The van der Waals surface area contributed by atoms with E-state index in [0.29, 0.717) is 6.61 Å². The number of ether oxygens (including phenoxy) is 3. The first-order chi connectivity index (χ1) is 8.89. The minimum Gasteiger partial charge on any atom is -0.497 e. The first-order valence-corrected chi connectivity index (χ1v) is 6.51. The standard InChI is InChI=1S/C15H25NO3/c1-11(16)13-7-6-12(17-4)10-14(13)19-9-8-15(2,3)18-5/h6-7,10-11H,8-9,16H2,1-5H3. The Morgan fingerprint density at radius 1 is 1.26 bits per heavy atom. The summed E-state index contributed by atoms with van der Waals surface area (Å²) in [7, 11) is 3.34. The number of hydrogen-bond acceptors (Lipinski definition) is 4. The maximum absolute atomic E-state index is 5.94. The lowest BCUT2D eigenvalue weighted by atomic mass is 10.1. The van der Waals surface area contributed by atoms with Crippen LogP contribution in [-0.2, 0) is 4.74 Å². The summed E-state index contributed by atoms with van der Waals surface area (Å²) in [6.45, 7) is 6.59. The van der Waals surface area contributed by atoms with Crippen LogP contribution in [0.1, 0.15) is 38.8 Å². The highest BCUT2D eigenvalue weighted by atomic mass is 16.5. The second-order valence-corrected chi connectivity index (χ2v) is 5.25. The molecule has 0 aliphatic heterocycles. The summed E-state index contributed by atoms with van der Waals surface area (Å²) < 4.78 is 16.4. The molecule has 0 amide bonds. The molecule has 0 saturated heterocycles. The lowest BCUT2D eigenvalue weighted by molar-refractivity contribution is 0.00535. The van der Waals surface area contributed by atoms with Gasteiger partial charge in [-0.3, -0.25) is 0 Å². The summed E-state index contributed by atoms with van der Waals surface area (Å²) in [5, 5.41) is 0. The van der Waals surface area contributed by atoms with Crippen LogP contribution >= 0.6 is 0 Å². The first kappa shape index (κ1) is 15.8. The highest BCUT2D eigenvalue weighted by molar-refractivity contribution is 5.42. The van der Waals surface area contributed by atoms with E-state index in [2.05, 4.69) is 0 Å². The summed E-state index contributed by atoms with van der Waals surface area (Å²) in [6, 6.07) is 5.64. The minimum absolute atomic E-state index is 0.0728. The molecular formula is C15H25NO3. The van der Waals surface area contributed by atoms with Gasteiger partial charge in [-0.25, -0.2) is 0 Å². The van der Waals surface area contributed by atoms with Crippen molar-refractivity contribution < 1.29 is 14.2 Å². The molecular weight excluding hydrogens is 242 g/mol. The zero-order valence-electron chi connectivity index (χ0n) is 12.5. The third-order valence-corrected chi connectivity index (χ3v) is 3.23. The van der Waals surface area contributed by atoms with Gasteiger partial charge in [-0.15, -0.1) is 0 Å². The molecule has 0 aliphatic rings. The summed E-state index contributed by atoms with van der Waals surface area (Å²) in [6.07, 6.45) is 0.805. The van der Waals surface area contributed by atoms with Crippen molar-refractivity contribution in [3.8, 4) is 11.5 Å². The second kappa shape index (κ2) is 6.78. The normalized spacial score (nSPS) is 13.2. The van der Waals surface area contributed by atoms with Crippen LogP contribution in [0.15, 0.2) is 18.2 Å². The number of hydrogen-bond donors (Lipinski definition) is 1. The molecule has 0 radical (unpaired) electrons. The van der Waals surface area contributed by atoms with Crippen LogP contribution in [-0.4, -0.2) is 26.4 Å². The van der Waals surface area contributed by atoms with Gasteiger partial charge in [0.2, 0.25) is 0 Å². The minimum atomic E-state index is -0.187. The molecule has 0 spiro atoms. The smallest absolute Gasteiger partial charge is 0.127 e. The first-order valence-electron chi connectivity index (χ1n) is 6.51. The summed E-state index contributed by atoms with van der Waals surface area (Å²) in [5.74, 6) is 1.55. The van der Waals surface area contributed by atoms with Gasteiger partial charge in [0.15, 0.2) is 0 Å². The average Bonchev–Trinajstić information content (AvgIpc) is 2.38. The molecule has 0 saturated carbocycles. The van der Waals surface area contributed by atoms with Crippen molar-refractivity contribution in [1.82, 2.24) is 0 Å². The molecule has 1 rings (SSSR count). The van der Waals surface area contributed by atoms with E-state index in [0.717, 1.165) is 23.5 Å². The molecule has 108 valence electrons. The fraction of sp³-hybridized carbons (Fsp3) is 0.600. The van der Waals surface area contributed by atoms with Crippen molar-refractivity contribution in [3.63, 3.8) is 0 Å². The quantitative estimate of drug-likeness (QED) is 0.825. The van der Waals surface area contributed by atoms with Gasteiger partial charge in [0, 0.05) is 31.2 Å². The van der Waals surface area contributed by atoms with Crippen molar-refractivity contribution in [2.45, 2.75) is 38.8 Å². The predicted octanol–water partition coefficient (Wildman–Crippen LogP) is 2.91. The number of benzene rings is 1.